The monoisotopic (exact) mass is 314 g/mol. The van der Waals surface area contributed by atoms with Gasteiger partial charge >= 0.3 is 0 Å². The van der Waals surface area contributed by atoms with Gasteiger partial charge in [0.2, 0.25) is 0 Å². The van der Waals surface area contributed by atoms with E-state index in [-0.39, 0.29) is 15.6 Å². The molecule has 0 saturated heterocycles. The first-order valence-corrected chi connectivity index (χ1v) is 7.50. The third-order valence-electron chi connectivity index (χ3n) is 2.73. The van der Waals surface area contributed by atoms with Gasteiger partial charge in [-0.2, -0.15) is 0 Å². The summed E-state index contributed by atoms with van der Waals surface area (Å²) in [6, 6.07) is 7.78. The highest BCUT2D eigenvalue weighted by atomic mass is 35.5. The number of nitrogens with one attached hydrogen (secondary N) is 1. The normalized spacial score (nSPS) is 11.3. The predicted octanol–water partition coefficient (Wildman–Crippen LogP) is 3.17. The van der Waals surface area contributed by atoms with Crippen LogP contribution in [0, 0.1) is 12.7 Å². The van der Waals surface area contributed by atoms with Crippen LogP contribution in [0.3, 0.4) is 0 Å². The van der Waals surface area contributed by atoms with Crippen molar-refractivity contribution in [3.05, 3.63) is 52.8 Å². The van der Waals surface area contributed by atoms with Gasteiger partial charge in [0.25, 0.3) is 10.0 Å². The lowest BCUT2D eigenvalue weighted by Crippen LogP contribution is -2.13. The van der Waals surface area contributed by atoms with Crippen molar-refractivity contribution >= 4 is 33.0 Å². The van der Waals surface area contributed by atoms with Gasteiger partial charge in [-0.1, -0.05) is 11.6 Å². The van der Waals surface area contributed by atoms with Crippen molar-refractivity contribution < 1.29 is 12.8 Å². The lowest BCUT2D eigenvalue weighted by atomic mass is 10.2. The van der Waals surface area contributed by atoms with Crippen LogP contribution in [0.2, 0.25) is 5.02 Å². The maximum Gasteiger partial charge on any atom is 0.261 e. The van der Waals surface area contributed by atoms with Crippen LogP contribution in [0.4, 0.5) is 15.8 Å². The first-order valence-electron chi connectivity index (χ1n) is 5.63. The second-order valence-corrected chi connectivity index (χ2v) is 6.34. The minimum atomic E-state index is -3.80. The number of halogens is 2. The number of rotatable bonds is 3. The maximum atomic E-state index is 12.9. The van der Waals surface area contributed by atoms with Gasteiger partial charge in [0.05, 0.1) is 15.6 Å². The molecule has 0 saturated carbocycles. The fourth-order valence-corrected chi connectivity index (χ4v) is 3.03. The number of hydrogen-bond acceptors (Lipinski definition) is 3. The summed E-state index contributed by atoms with van der Waals surface area (Å²) in [4.78, 5) is 0.0598. The minimum Gasteiger partial charge on any atom is -0.399 e. The van der Waals surface area contributed by atoms with Crippen LogP contribution >= 0.6 is 11.6 Å². The molecule has 2 aromatic rings. The predicted molar refractivity (Wildman–Crippen MR) is 77.8 cm³/mol. The zero-order chi connectivity index (χ0) is 14.9. The SMILES string of the molecule is Cc1cc(S(=O)(=O)Nc2ccc(F)cc2Cl)ccc1N. The van der Waals surface area contributed by atoms with E-state index in [4.69, 9.17) is 17.3 Å². The Labute approximate surface area is 121 Å². The molecule has 4 nitrogen and oxygen atoms in total. The lowest BCUT2D eigenvalue weighted by Gasteiger charge is -2.11. The van der Waals surface area contributed by atoms with E-state index >= 15 is 0 Å². The van der Waals surface area contributed by atoms with Crippen molar-refractivity contribution in [1.29, 1.82) is 0 Å². The van der Waals surface area contributed by atoms with E-state index in [2.05, 4.69) is 4.72 Å². The Morgan fingerprint density at radius 3 is 2.50 bits per heavy atom. The van der Waals surface area contributed by atoms with Gasteiger partial charge in [0, 0.05) is 5.69 Å². The number of aryl methyl sites for hydroxylation is 1. The topological polar surface area (TPSA) is 72.2 Å². The van der Waals surface area contributed by atoms with E-state index in [1.54, 1.807) is 6.92 Å². The largest absolute Gasteiger partial charge is 0.399 e. The third-order valence-corrected chi connectivity index (χ3v) is 4.40. The number of nitrogen functional groups attached to an aromatic ring is 1. The maximum absolute atomic E-state index is 12.9. The van der Waals surface area contributed by atoms with Crippen molar-refractivity contribution in [2.75, 3.05) is 10.5 Å². The minimum absolute atomic E-state index is 0.0132. The molecule has 0 amide bonds. The van der Waals surface area contributed by atoms with Crippen molar-refractivity contribution in [2.24, 2.45) is 0 Å². The van der Waals surface area contributed by atoms with Gasteiger partial charge in [-0.3, -0.25) is 4.72 Å². The molecular formula is C13H12ClFN2O2S. The summed E-state index contributed by atoms with van der Waals surface area (Å²) in [6.45, 7) is 1.71. The van der Waals surface area contributed by atoms with E-state index in [0.29, 0.717) is 11.3 Å². The molecule has 7 heteroatoms. The second-order valence-electron chi connectivity index (χ2n) is 4.25. The molecule has 0 bridgehead atoms. The molecule has 0 aliphatic rings. The number of sulfonamides is 1. The molecule has 0 unspecified atom stereocenters. The van der Waals surface area contributed by atoms with Crippen LogP contribution in [0.25, 0.3) is 0 Å². The van der Waals surface area contributed by atoms with E-state index in [9.17, 15) is 12.8 Å². The van der Waals surface area contributed by atoms with Crippen LogP contribution in [0.1, 0.15) is 5.56 Å². The number of benzene rings is 2. The summed E-state index contributed by atoms with van der Waals surface area (Å²) >= 11 is 5.79. The summed E-state index contributed by atoms with van der Waals surface area (Å²) < 4.78 is 39.6. The first-order chi connectivity index (χ1) is 9.29. The van der Waals surface area contributed by atoms with E-state index in [0.717, 1.165) is 12.1 Å². The first kappa shape index (κ1) is 14.6. The van der Waals surface area contributed by atoms with Gasteiger partial charge in [0.15, 0.2) is 0 Å². The van der Waals surface area contributed by atoms with E-state index in [1.807, 2.05) is 0 Å². The number of hydrogen-bond donors (Lipinski definition) is 2. The Balaban J connectivity index is 2.38. The molecule has 2 aromatic carbocycles. The van der Waals surface area contributed by atoms with Crippen LogP contribution in [-0.2, 0) is 10.0 Å². The summed E-state index contributed by atoms with van der Waals surface area (Å²) in [6.07, 6.45) is 0. The Morgan fingerprint density at radius 2 is 1.90 bits per heavy atom. The lowest BCUT2D eigenvalue weighted by molar-refractivity contribution is 0.601. The van der Waals surface area contributed by atoms with Crippen molar-refractivity contribution in [2.45, 2.75) is 11.8 Å². The Morgan fingerprint density at radius 1 is 1.20 bits per heavy atom. The highest BCUT2D eigenvalue weighted by Crippen LogP contribution is 2.26. The molecule has 106 valence electrons. The molecule has 2 rings (SSSR count). The molecule has 0 fully saturated rings. The van der Waals surface area contributed by atoms with Crippen molar-refractivity contribution in [3.8, 4) is 0 Å². The summed E-state index contributed by atoms with van der Waals surface area (Å²) in [5.74, 6) is -0.540. The molecule has 20 heavy (non-hydrogen) atoms. The van der Waals surface area contributed by atoms with Gasteiger partial charge in [0.1, 0.15) is 5.82 Å². The van der Waals surface area contributed by atoms with E-state index in [1.165, 1.54) is 24.3 Å². The van der Waals surface area contributed by atoms with Crippen molar-refractivity contribution in [3.63, 3.8) is 0 Å². The van der Waals surface area contributed by atoms with E-state index < -0.39 is 15.8 Å². The molecule has 0 aromatic heterocycles. The summed E-state index contributed by atoms with van der Waals surface area (Å²) in [5, 5.41) is -0.0132. The molecule has 0 radical (unpaired) electrons. The average molecular weight is 315 g/mol. The molecule has 0 aliphatic carbocycles. The van der Waals surface area contributed by atoms with Crippen LogP contribution < -0.4 is 10.5 Å². The number of nitrogens with two attached hydrogens (primary N) is 1. The Hall–Kier alpha value is -1.79. The van der Waals surface area contributed by atoms with Gasteiger partial charge < -0.3 is 5.73 Å². The standard InChI is InChI=1S/C13H12ClFN2O2S/c1-8-6-10(3-4-12(8)16)20(18,19)17-13-5-2-9(15)7-11(13)14/h2-7,17H,16H2,1H3. The van der Waals surface area contributed by atoms with Crippen LogP contribution in [0.15, 0.2) is 41.3 Å². The van der Waals surface area contributed by atoms with Gasteiger partial charge in [-0.25, -0.2) is 12.8 Å². The highest BCUT2D eigenvalue weighted by Gasteiger charge is 2.16. The van der Waals surface area contributed by atoms with Gasteiger partial charge in [-0.05, 0) is 48.9 Å². The molecule has 3 N–H and O–H groups in total. The summed E-state index contributed by atoms with van der Waals surface area (Å²) in [7, 11) is -3.80. The average Bonchev–Trinajstić information content (AvgIpc) is 2.36. The summed E-state index contributed by atoms with van der Waals surface area (Å²) in [5.41, 5.74) is 6.92. The van der Waals surface area contributed by atoms with Crippen molar-refractivity contribution in [1.82, 2.24) is 0 Å². The fraction of sp³-hybridized carbons (Fsp3) is 0.0769. The second kappa shape index (κ2) is 5.30. The molecule has 0 atom stereocenters. The number of anilines is 2. The van der Waals surface area contributed by atoms with Crippen LogP contribution in [-0.4, -0.2) is 8.42 Å². The zero-order valence-electron chi connectivity index (χ0n) is 10.5. The Kier molecular flexibility index (Phi) is 3.87. The van der Waals surface area contributed by atoms with Gasteiger partial charge in [-0.15, -0.1) is 0 Å². The molecule has 0 heterocycles. The molecular weight excluding hydrogens is 303 g/mol. The third kappa shape index (κ3) is 3.02. The fourth-order valence-electron chi connectivity index (χ4n) is 1.59. The zero-order valence-corrected chi connectivity index (χ0v) is 12.1. The molecule has 0 aliphatic heterocycles. The Bertz CT molecular complexity index is 763. The quantitative estimate of drug-likeness (QED) is 0.855. The van der Waals surface area contributed by atoms with Crippen LogP contribution in [0.5, 0.6) is 0 Å². The smallest absolute Gasteiger partial charge is 0.261 e. The molecule has 0 spiro atoms. The highest BCUT2D eigenvalue weighted by molar-refractivity contribution is 7.92.